The molecule has 0 N–H and O–H groups in total. The molecule has 0 saturated heterocycles. The highest BCUT2D eigenvalue weighted by molar-refractivity contribution is 7.98. The molecule has 1 rings (SSSR count). The standard InChI is InChI=1S/C12H16N2O3S/c1-4-13(5-2)12(15)9-6-7-11(18-3)10(8-9)14(16)17/h6-8H,4-5H2,1-3H3. The van der Waals surface area contributed by atoms with Crippen LogP contribution in [0.4, 0.5) is 5.69 Å². The lowest BCUT2D eigenvalue weighted by atomic mass is 10.1. The minimum Gasteiger partial charge on any atom is -0.339 e. The monoisotopic (exact) mass is 268 g/mol. The molecular formula is C12H16N2O3S. The lowest BCUT2D eigenvalue weighted by Crippen LogP contribution is -2.30. The quantitative estimate of drug-likeness (QED) is 0.468. The topological polar surface area (TPSA) is 63.5 Å². The molecule has 5 nitrogen and oxygen atoms in total. The number of hydrogen-bond acceptors (Lipinski definition) is 4. The Bertz CT molecular complexity index is 459. The smallest absolute Gasteiger partial charge is 0.283 e. The maximum Gasteiger partial charge on any atom is 0.283 e. The molecule has 0 saturated carbocycles. The van der Waals surface area contributed by atoms with Gasteiger partial charge >= 0.3 is 0 Å². The normalized spacial score (nSPS) is 10.2. The van der Waals surface area contributed by atoms with Crippen molar-refractivity contribution in [2.45, 2.75) is 18.7 Å². The number of nitro groups is 1. The molecule has 0 atom stereocenters. The number of carbonyl (C=O) groups is 1. The van der Waals surface area contributed by atoms with Crippen LogP contribution in [0.3, 0.4) is 0 Å². The van der Waals surface area contributed by atoms with Gasteiger partial charge in [-0.25, -0.2) is 0 Å². The fourth-order valence-electron chi connectivity index (χ4n) is 1.66. The molecule has 0 heterocycles. The van der Waals surface area contributed by atoms with E-state index < -0.39 is 4.92 Å². The van der Waals surface area contributed by atoms with Crippen molar-refractivity contribution < 1.29 is 9.72 Å². The summed E-state index contributed by atoms with van der Waals surface area (Å²) in [6.45, 7) is 4.94. The Morgan fingerprint density at radius 1 is 1.39 bits per heavy atom. The zero-order valence-corrected chi connectivity index (χ0v) is 11.5. The highest BCUT2D eigenvalue weighted by Gasteiger charge is 2.19. The molecule has 1 aromatic rings. The van der Waals surface area contributed by atoms with E-state index in [1.165, 1.54) is 17.8 Å². The average Bonchev–Trinajstić information content (AvgIpc) is 2.39. The van der Waals surface area contributed by atoms with Gasteiger partial charge in [-0.05, 0) is 32.2 Å². The average molecular weight is 268 g/mol. The molecular weight excluding hydrogens is 252 g/mol. The molecule has 0 radical (unpaired) electrons. The summed E-state index contributed by atoms with van der Waals surface area (Å²) in [5.74, 6) is -0.171. The van der Waals surface area contributed by atoms with E-state index in [4.69, 9.17) is 0 Å². The Balaban J connectivity index is 3.15. The summed E-state index contributed by atoms with van der Waals surface area (Å²) in [5, 5.41) is 10.9. The van der Waals surface area contributed by atoms with E-state index in [1.807, 2.05) is 13.8 Å². The summed E-state index contributed by atoms with van der Waals surface area (Å²) in [6.07, 6.45) is 1.77. The third kappa shape index (κ3) is 3.01. The summed E-state index contributed by atoms with van der Waals surface area (Å²) < 4.78 is 0. The van der Waals surface area contributed by atoms with Crippen molar-refractivity contribution in [3.63, 3.8) is 0 Å². The fourth-order valence-corrected chi connectivity index (χ4v) is 2.21. The van der Waals surface area contributed by atoms with Crippen molar-refractivity contribution in [2.75, 3.05) is 19.3 Å². The number of amides is 1. The number of carbonyl (C=O) groups excluding carboxylic acids is 1. The Morgan fingerprint density at radius 3 is 2.44 bits per heavy atom. The van der Waals surface area contributed by atoms with E-state index in [1.54, 1.807) is 23.3 Å². The van der Waals surface area contributed by atoms with Gasteiger partial charge in [-0.1, -0.05) is 0 Å². The number of nitrogens with zero attached hydrogens (tertiary/aromatic N) is 2. The molecule has 18 heavy (non-hydrogen) atoms. The second-order valence-corrected chi connectivity index (χ2v) is 4.47. The maximum atomic E-state index is 12.1. The van der Waals surface area contributed by atoms with Gasteiger partial charge in [0.1, 0.15) is 0 Å². The molecule has 0 fully saturated rings. The minimum absolute atomic E-state index is 0.0134. The van der Waals surface area contributed by atoms with Gasteiger partial charge in [0.2, 0.25) is 0 Å². The highest BCUT2D eigenvalue weighted by atomic mass is 32.2. The van der Waals surface area contributed by atoms with Crippen LogP contribution in [-0.2, 0) is 0 Å². The summed E-state index contributed by atoms with van der Waals surface area (Å²) >= 11 is 1.30. The van der Waals surface area contributed by atoms with Crippen LogP contribution in [0.15, 0.2) is 23.1 Å². The first-order valence-electron chi connectivity index (χ1n) is 5.66. The van der Waals surface area contributed by atoms with Gasteiger partial charge < -0.3 is 4.90 Å². The van der Waals surface area contributed by atoms with Crippen LogP contribution in [-0.4, -0.2) is 35.1 Å². The predicted octanol–water partition coefficient (Wildman–Crippen LogP) is 2.80. The van der Waals surface area contributed by atoms with Gasteiger partial charge in [0.05, 0.1) is 9.82 Å². The van der Waals surface area contributed by atoms with Gasteiger partial charge in [-0.2, -0.15) is 0 Å². The van der Waals surface area contributed by atoms with Crippen LogP contribution in [0.5, 0.6) is 0 Å². The number of rotatable bonds is 5. The molecule has 0 unspecified atom stereocenters. The molecule has 1 aromatic carbocycles. The van der Waals surface area contributed by atoms with Crippen molar-refractivity contribution in [3.05, 3.63) is 33.9 Å². The van der Waals surface area contributed by atoms with Gasteiger partial charge in [-0.15, -0.1) is 11.8 Å². The van der Waals surface area contributed by atoms with Crippen molar-refractivity contribution in [3.8, 4) is 0 Å². The molecule has 0 aliphatic rings. The third-order valence-corrected chi connectivity index (χ3v) is 3.46. The molecule has 98 valence electrons. The van der Waals surface area contributed by atoms with Crippen LogP contribution in [0.1, 0.15) is 24.2 Å². The molecule has 0 aromatic heterocycles. The zero-order chi connectivity index (χ0) is 13.7. The van der Waals surface area contributed by atoms with E-state index in [2.05, 4.69) is 0 Å². The SMILES string of the molecule is CCN(CC)C(=O)c1ccc(SC)c([N+](=O)[O-])c1. The number of benzene rings is 1. The minimum atomic E-state index is -0.454. The van der Waals surface area contributed by atoms with E-state index in [-0.39, 0.29) is 11.6 Å². The second-order valence-electron chi connectivity index (χ2n) is 3.62. The number of nitro benzene ring substituents is 1. The summed E-state index contributed by atoms with van der Waals surface area (Å²) in [4.78, 5) is 24.8. The first kappa shape index (κ1) is 14.5. The second kappa shape index (κ2) is 6.39. The molecule has 0 bridgehead atoms. The first-order valence-corrected chi connectivity index (χ1v) is 6.89. The third-order valence-electron chi connectivity index (χ3n) is 2.67. The van der Waals surface area contributed by atoms with Crippen molar-refractivity contribution in [2.24, 2.45) is 0 Å². The van der Waals surface area contributed by atoms with Crippen LogP contribution >= 0.6 is 11.8 Å². The van der Waals surface area contributed by atoms with Crippen molar-refractivity contribution in [1.82, 2.24) is 4.90 Å². The Morgan fingerprint density at radius 2 is 2.00 bits per heavy atom. The van der Waals surface area contributed by atoms with E-state index in [9.17, 15) is 14.9 Å². The van der Waals surface area contributed by atoms with Crippen LogP contribution in [0, 0.1) is 10.1 Å². The van der Waals surface area contributed by atoms with Crippen molar-refractivity contribution >= 4 is 23.4 Å². The Kier molecular flexibility index (Phi) is 5.15. The Labute approximate surface area is 110 Å². The van der Waals surface area contributed by atoms with Gasteiger partial charge in [0.25, 0.3) is 11.6 Å². The zero-order valence-electron chi connectivity index (χ0n) is 10.7. The highest BCUT2D eigenvalue weighted by Crippen LogP contribution is 2.28. The van der Waals surface area contributed by atoms with Crippen LogP contribution < -0.4 is 0 Å². The lowest BCUT2D eigenvalue weighted by Gasteiger charge is -2.18. The largest absolute Gasteiger partial charge is 0.339 e. The van der Waals surface area contributed by atoms with Gasteiger partial charge in [0.15, 0.2) is 0 Å². The summed E-state index contributed by atoms with van der Waals surface area (Å²) in [6, 6.07) is 4.62. The summed E-state index contributed by atoms with van der Waals surface area (Å²) in [5.41, 5.74) is 0.351. The van der Waals surface area contributed by atoms with Crippen LogP contribution in [0.2, 0.25) is 0 Å². The maximum absolute atomic E-state index is 12.1. The first-order chi connectivity index (χ1) is 8.54. The molecule has 0 spiro atoms. The van der Waals surface area contributed by atoms with E-state index >= 15 is 0 Å². The van der Waals surface area contributed by atoms with Gasteiger partial charge in [0, 0.05) is 24.7 Å². The number of thioether (sulfide) groups is 1. The van der Waals surface area contributed by atoms with Crippen molar-refractivity contribution in [1.29, 1.82) is 0 Å². The predicted molar refractivity (Wildman–Crippen MR) is 72.1 cm³/mol. The molecule has 6 heteroatoms. The molecule has 0 aliphatic carbocycles. The lowest BCUT2D eigenvalue weighted by molar-refractivity contribution is -0.387. The van der Waals surface area contributed by atoms with E-state index in [0.29, 0.717) is 23.5 Å². The molecule has 1 amide bonds. The fraction of sp³-hybridized carbons (Fsp3) is 0.417. The van der Waals surface area contributed by atoms with Gasteiger partial charge in [-0.3, -0.25) is 14.9 Å². The summed E-state index contributed by atoms with van der Waals surface area (Å²) in [7, 11) is 0. The van der Waals surface area contributed by atoms with E-state index in [0.717, 1.165) is 0 Å². The molecule has 0 aliphatic heterocycles. The number of hydrogen-bond donors (Lipinski definition) is 0. The van der Waals surface area contributed by atoms with Crippen LogP contribution in [0.25, 0.3) is 0 Å². The Hall–Kier alpha value is -1.56.